The number of nitrogens with one attached hydrogen (secondary N) is 1. The Morgan fingerprint density at radius 3 is 1.95 bits per heavy atom. The smallest absolute Gasteiger partial charge is 0.246 e. The molecule has 0 radical (unpaired) electrons. The third-order valence-corrected chi connectivity index (χ3v) is 4.02. The number of carbonyl (C=O) groups is 2. The zero-order chi connectivity index (χ0) is 14.7. The zero-order valence-corrected chi connectivity index (χ0v) is 13.1. The fourth-order valence-corrected chi connectivity index (χ4v) is 2.89. The highest BCUT2D eigenvalue weighted by Crippen LogP contribution is 2.25. The van der Waals surface area contributed by atoms with Gasteiger partial charge >= 0.3 is 0 Å². The third-order valence-electron chi connectivity index (χ3n) is 4.02. The second-order valence-corrected chi connectivity index (χ2v) is 6.13. The van der Waals surface area contributed by atoms with Crippen LogP contribution < -0.4 is 5.32 Å². The molecule has 1 rings (SSSR count). The lowest BCUT2D eigenvalue weighted by molar-refractivity contribution is -0.155. The molecule has 0 aromatic carbocycles. The van der Waals surface area contributed by atoms with Crippen LogP contribution in [-0.2, 0) is 9.59 Å². The van der Waals surface area contributed by atoms with Gasteiger partial charge in [-0.2, -0.15) is 0 Å². The quantitative estimate of drug-likeness (QED) is 0.831. The molecule has 1 aliphatic rings. The minimum Gasteiger partial charge on any atom is -0.342 e. The molecule has 0 aliphatic carbocycles. The molecule has 1 fully saturated rings. The zero-order valence-electron chi connectivity index (χ0n) is 13.1. The van der Waals surface area contributed by atoms with E-state index in [0.717, 1.165) is 12.8 Å². The van der Waals surface area contributed by atoms with E-state index in [1.54, 1.807) is 0 Å². The maximum atomic E-state index is 12.7. The summed E-state index contributed by atoms with van der Waals surface area (Å²) in [6.07, 6.45) is 1.78. The van der Waals surface area contributed by atoms with Crippen molar-refractivity contribution in [3.63, 3.8) is 0 Å². The van der Waals surface area contributed by atoms with Gasteiger partial charge in [0.05, 0.1) is 0 Å². The van der Waals surface area contributed by atoms with Crippen LogP contribution in [0, 0.1) is 11.8 Å². The predicted molar refractivity (Wildman–Crippen MR) is 76.6 cm³/mol. The number of nitrogens with zero attached hydrogens (tertiary/aromatic N) is 1. The van der Waals surface area contributed by atoms with E-state index >= 15 is 0 Å². The van der Waals surface area contributed by atoms with Crippen molar-refractivity contribution in [3.8, 4) is 0 Å². The highest BCUT2D eigenvalue weighted by Gasteiger charge is 2.44. The Labute approximate surface area is 116 Å². The Morgan fingerprint density at radius 2 is 1.58 bits per heavy atom. The van der Waals surface area contributed by atoms with Crippen molar-refractivity contribution in [1.82, 2.24) is 10.2 Å². The van der Waals surface area contributed by atoms with Crippen molar-refractivity contribution in [2.24, 2.45) is 11.8 Å². The van der Waals surface area contributed by atoms with E-state index in [4.69, 9.17) is 0 Å². The van der Waals surface area contributed by atoms with Crippen molar-refractivity contribution < 1.29 is 9.59 Å². The van der Waals surface area contributed by atoms with Gasteiger partial charge in [-0.15, -0.1) is 0 Å². The van der Waals surface area contributed by atoms with Crippen molar-refractivity contribution in [3.05, 3.63) is 0 Å². The monoisotopic (exact) mass is 268 g/mol. The van der Waals surface area contributed by atoms with E-state index < -0.39 is 0 Å². The van der Waals surface area contributed by atoms with Crippen LogP contribution in [-0.4, -0.2) is 34.8 Å². The molecule has 1 N–H and O–H groups in total. The first kappa shape index (κ1) is 16.0. The summed E-state index contributed by atoms with van der Waals surface area (Å²) in [7, 11) is 0. The van der Waals surface area contributed by atoms with Crippen LogP contribution in [0.1, 0.15) is 54.4 Å². The van der Waals surface area contributed by atoms with E-state index in [2.05, 4.69) is 19.2 Å². The van der Waals surface area contributed by atoms with Gasteiger partial charge in [0, 0.05) is 6.04 Å². The maximum Gasteiger partial charge on any atom is 0.246 e. The van der Waals surface area contributed by atoms with Crippen molar-refractivity contribution in [2.75, 3.05) is 0 Å². The van der Waals surface area contributed by atoms with Gasteiger partial charge in [-0.25, -0.2) is 0 Å². The lowest BCUT2D eigenvalue weighted by Crippen LogP contribution is -2.68. The van der Waals surface area contributed by atoms with Gasteiger partial charge < -0.3 is 10.2 Å². The topological polar surface area (TPSA) is 49.4 Å². The molecule has 0 aromatic heterocycles. The van der Waals surface area contributed by atoms with Crippen LogP contribution >= 0.6 is 0 Å². The van der Waals surface area contributed by atoms with Crippen molar-refractivity contribution >= 4 is 11.8 Å². The average Bonchev–Trinajstić information content (AvgIpc) is 2.33. The average molecular weight is 268 g/mol. The van der Waals surface area contributed by atoms with Crippen LogP contribution in [0.3, 0.4) is 0 Å². The molecule has 110 valence electrons. The Hall–Kier alpha value is -1.06. The fourth-order valence-electron chi connectivity index (χ4n) is 2.89. The van der Waals surface area contributed by atoms with E-state index in [1.165, 1.54) is 0 Å². The highest BCUT2D eigenvalue weighted by atomic mass is 16.2. The molecule has 1 heterocycles. The van der Waals surface area contributed by atoms with Gasteiger partial charge in [-0.1, -0.05) is 41.5 Å². The first-order chi connectivity index (χ1) is 8.84. The summed E-state index contributed by atoms with van der Waals surface area (Å²) in [5.41, 5.74) is 0. The lowest BCUT2D eigenvalue weighted by Gasteiger charge is -2.45. The first-order valence-corrected chi connectivity index (χ1v) is 7.47. The second-order valence-electron chi connectivity index (χ2n) is 6.13. The van der Waals surface area contributed by atoms with Crippen molar-refractivity contribution in [1.29, 1.82) is 0 Å². The molecule has 2 unspecified atom stereocenters. The molecular weight excluding hydrogens is 240 g/mol. The molecule has 4 nitrogen and oxygen atoms in total. The summed E-state index contributed by atoms with van der Waals surface area (Å²) in [6, 6.07) is -0.539. The summed E-state index contributed by atoms with van der Waals surface area (Å²) < 4.78 is 0. The normalized spacial score (nSPS) is 24.6. The van der Waals surface area contributed by atoms with Gasteiger partial charge in [-0.3, -0.25) is 9.59 Å². The standard InChI is InChI=1S/C15H28N2O2/c1-7-11(8-2)17-13(10(5)6)14(18)16-12(9(3)4)15(17)19/h9-13H,7-8H2,1-6H3,(H,16,18). The van der Waals surface area contributed by atoms with E-state index in [0.29, 0.717) is 0 Å². The van der Waals surface area contributed by atoms with Gasteiger partial charge in [0.25, 0.3) is 0 Å². The Balaban J connectivity index is 3.13. The second kappa shape index (κ2) is 6.40. The fraction of sp³-hybridized carbons (Fsp3) is 0.867. The Morgan fingerprint density at radius 1 is 1.05 bits per heavy atom. The number of rotatable bonds is 5. The molecule has 1 saturated heterocycles. The van der Waals surface area contributed by atoms with Crippen LogP contribution in [0.15, 0.2) is 0 Å². The molecule has 0 bridgehead atoms. The number of amides is 2. The van der Waals surface area contributed by atoms with Crippen LogP contribution in [0.25, 0.3) is 0 Å². The summed E-state index contributed by atoms with van der Waals surface area (Å²) in [4.78, 5) is 26.9. The molecule has 2 atom stereocenters. The number of hydrogen-bond donors (Lipinski definition) is 1. The molecule has 4 heteroatoms. The summed E-state index contributed by atoms with van der Waals surface area (Å²) in [5, 5.41) is 2.90. The van der Waals surface area contributed by atoms with Gasteiger partial charge in [0.1, 0.15) is 12.1 Å². The Kier molecular flexibility index (Phi) is 5.39. The van der Waals surface area contributed by atoms with Gasteiger partial charge in [0.15, 0.2) is 0 Å². The SMILES string of the molecule is CCC(CC)N1C(=O)C(C(C)C)NC(=O)C1C(C)C. The molecule has 0 saturated carbocycles. The minimum atomic E-state index is -0.372. The maximum absolute atomic E-state index is 12.7. The molecular formula is C15H28N2O2. The lowest BCUT2D eigenvalue weighted by atomic mass is 9.90. The minimum absolute atomic E-state index is 0.000185. The van der Waals surface area contributed by atoms with E-state index in [9.17, 15) is 9.59 Å². The first-order valence-electron chi connectivity index (χ1n) is 7.47. The van der Waals surface area contributed by atoms with Crippen LogP contribution in [0.4, 0.5) is 0 Å². The number of hydrogen-bond acceptors (Lipinski definition) is 2. The van der Waals surface area contributed by atoms with Crippen LogP contribution in [0.5, 0.6) is 0 Å². The van der Waals surface area contributed by atoms with E-state index in [1.807, 2.05) is 32.6 Å². The van der Waals surface area contributed by atoms with E-state index in [-0.39, 0.29) is 41.8 Å². The number of piperazine rings is 1. The summed E-state index contributed by atoms with van der Waals surface area (Å²) in [6.45, 7) is 12.1. The highest BCUT2D eigenvalue weighted by molar-refractivity contribution is 5.97. The third kappa shape index (κ3) is 3.10. The number of carbonyl (C=O) groups excluding carboxylic acids is 2. The summed E-state index contributed by atoms with van der Waals surface area (Å²) >= 11 is 0. The molecule has 0 aromatic rings. The largest absolute Gasteiger partial charge is 0.342 e. The molecule has 2 amide bonds. The van der Waals surface area contributed by atoms with Gasteiger partial charge in [0.2, 0.25) is 11.8 Å². The molecule has 19 heavy (non-hydrogen) atoms. The molecule has 1 aliphatic heterocycles. The predicted octanol–water partition coefficient (Wildman–Crippen LogP) is 2.18. The van der Waals surface area contributed by atoms with Crippen molar-refractivity contribution in [2.45, 2.75) is 72.5 Å². The van der Waals surface area contributed by atoms with Crippen LogP contribution in [0.2, 0.25) is 0 Å². The summed E-state index contributed by atoms with van der Waals surface area (Å²) in [5.74, 6) is 0.348. The Bertz CT molecular complexity index is 335. The van der Waals surface area contributed by atoms with Gasteiger partial charge in [-0.05, 0) is 24.7 Å². The molecule has 0 spiro atoms.